The summed E-state index contributed by atoms with van der Waals surface area (Å²) in [4.78, 5) is 39.0. The third kappa shape index (κ3) is 12.9. The zero-order valence-electron chi connectivity index (χ0n) is 33.3. The van der Waals surface area contributed by atoms with Gasteiger partial charge in [-0.05, 0) is 66.5 Å². The lowest BCUT2D eigenvalue weighted by Gasteiger charge is -2.50. The van der Waals surface area contributed by atoms with E-state index in [-0.39, 0.29) is 31.6 Å². The number of nitrogens with zero attached hydrogens (tertiary/aromatic N) is 1. The maximum absolute atomic E-state index is 12.9. The predicted molar refractivity (Wildman–Crippen MR) is 196 cm³/mol. The largest absolute Gasteiger partial charge is 0.462 e. The fourth-order valence-electron chi connectivity index (χ4n) is 7.74. The van der Waals surface area contributed by atoms with E-state index in [0.717, 1.165) is 6.29 Å². The number of methoxy groups -OCH3 is 1. The van der Waals surface area contributed by atoms with Gasteiger partial charge in [-0.2, -0.15) is 0 Å². The van der Waals surface area contributed by atoms with Crippen LogP contribution in [-0.2, 0) is 47.5 Å². The van der Waals surface area contributed by atoms with Crippen molar-refractivity contribution < 1.29 is 68.0 Å². The molecular formula is C39H65NO14. The molecule has 0 saturated carbocycles. The van der Waals surface area contributed by atoms with Gasteiger partial charge < -0.3 is 63.3 Å². The fourth-order valence-corrected chi connectivity index (χ4v) is 7.74. The summed E-state index contributed by atoms with van der Waals surface area (Å²) in [6, 6.07) is -0.732. The van der Waals surface area contributed by atoms with Gasteiger partial charge in [0.25, 0.3) is 0 Å². The summed E-state index contributed by atoms with van der Waals surface area (Å²) in [5.74, 6) is -1.79. The molecule has 310 valence electrons. The van der Waals surface area contributed by atoms with Gasteiger partial charge in [0.15, 0.2) is 18.7 Å². The molecule has 2 fully saturated rings. The molecular weight excluding hydrogens is 706 g/mol. The minimum Gasteiger partial charge on any atom is -0.462 e. The molecule has 0 aliphatic carbocycles. The van der Waals surface area contributed by atoms with Crippen LogP contribution < -0.4 is 0 Å². The van der Waals surface area contributed by atoms with Crippen LogP contribution in [0.1, 0.15) is 86.5 Å². The number of aliphatic hydroxyl groups is 4. The Kier molecular flexibility index (Phi) is 18.2. The Hall–Kier alpha value is -2.31. The number of esters is 2. The highest BCUT2D eigenvalue weighted by Gasteiger charge is 2.52. The smallest absolute Gasteiger partial charge is 0.308 e. The topological polar surface area (TPSA) is 200 Å². The lowest BCUT2D eigenvalue weighted by molar-refractivity contribution is -0.344. The average Bonchev–Trinajstić information content (AvgIpc) is 3.05. The highest BCUT2D eigenvalue weighted by Crippen LogP contribution is 2.37. The minimum atomic E-state index is -1.47. The normalized spacial score (nSPS) is 42.9. The van der Waals surface area contributed by atoms with Gasteiger partial charge in [0.1, 0.15) is 36.3 Å². The van der Waals surface area contributed by atoms with E-state index in [4.69, 9.17) is 33.2 Å². The Bertz CT molecular complexity index is 1240. The Morgan fingerprint density at radius 2 is 1.69 bits per heavy atom. The van der Waals surface area contributed by atoms with Crippen molar-refractivity contribution in [3.05, 3.63) is 24.3 Å². The molecule has 3 rings (SSSR count). The van der Waals surface area contributed by atoms with Crippen molar-refractivity contribution in [2.45, 2.75) is 172 Å². The van der Waals surface area contributed by atoms with Gasteiger partial charge in [-0.3, -0.25) is 9.59 Å². The number of hydrogen-bond donors (Lipinski definition) is 4. The molecule has 3 aliphatic rings. The predicted octanol–water partition coefficient (Wildman–Crippen LogP) is 2.20. The van der Waals surface area contributed by atoms with Crippen LogP contribution in [0.25, 0.3) is 0 Å². The van der Waals surface area contributed by atoms with Crippen LogP contribution in [0.15, 0.2) is 24.3 Å². The van der Waals surface area contributed by atoms with E-state index in [1.807, 2.05) is 19.9 Å². The van der Waals surface area contributed by atoms with E-state index >= 15 is 0 Å². The molecule has 0 aromatic heterocycles. The van der Waals surface area contributed by atoms with Crippen molar-refractivity contribution in [2.24, 2.45) is 11.8 Å². The van der Waals surface area contributed by atoms with E-state index in [1.54, 1.807) is 64.9 Å². The molecule has 0 amide bonds. The maximum atomic E-state index is 12.9. The molecule has 2 saturated heterocycles. The van der Waals surface area contributed by atoms with Crippen LogP contribution in [0.3, 0.4) is 0 Å². The van der Waals surface area contributed by atoms with Crippen LogP contribution in [0, 0.1) is 11.8 Å². The molecule has 3 heterocycles. The number of aliphatic hydroxyl groups excluding tert-OH is 3. The molecule has 15 heteroatoms. The van der Waals surface area contributed by atoms with Gasteiger partial charge in [-0.15, -0.1) is 0 Å². The number of carbonyl (C=O) groups excluding carboxylic acids is 3. The Morgan fingerprint density at radius 3 is 2.30 bits per heavy atom. The molecule has 16 unspecified atom stereocenters. The summed E-state index contributed by atoms with van der Waals surface area (Å²) in [7, 11) is 4.89. The fraction of sp³-hybridized carbons (Fsp3) is 0.821. The first kappa shape index (κ1) is 46.1. The first-order valence-corrected chi connectivity index (χ1v) is 19.2. The van der Waals surface area contributed by atoms with Crippen molar-refractivity contribution in [2.75, 3.05) is 21.2 Å². The van der Waals surface area contributed by atoms with Gasteiger partial charge in [0.2, 0.25) is 0 Å². The molecule has 0 aromatic rings. The van der Waals surface area contributed by atoms with E-state index in [0.29, 0.717) is 12.8 Å². The SMILES string of the molecule is CCCC(=O)OC1C(C)OC(OC2C(C)OC(OC3C(CC=O)CC(C)/C=C\C=C\C(O)CC(C)OC(=O)CC(O)C3OC)C(O)C2N(C)C)CC1(C)O. The number of carbonyl (C=O) groups is 3. The molecule has 54 heavy (non-hydrogen) atoms. The second-order valence-electron chi connectivity index (χ2n) is 15.6. The standard InChI is InChI=1S/C39H65NO14/c1-10-13-29(44)52-37-25(5)50-31(21-39(37,6)47)53-34-24(4)51-38(33(46)32(34)40(7)8)54-35-26(16-17-41)18-22(2)14-11-12-15-27(42)19-23(3)49-30(45)20-28(43)36(35)48-9/h11-12,14-15,17,22-28,31-38,42-43,46-47H,10,13,16,18-21H2,1-9H3/b14-11-,15-12+. The number of rotatable bonds is 11. The van der Waals surface area contributed by atoms with Gasteiger partial charge in [0, 0.05) is 32.8 Å². The zero-order chi connectivity index (χ0) is 40.3. The lowest BCUT2D eigenvalue weighted by atomic mass is 9.84. The average molecular weight is 772 g/mol. The van der Waals surface area contributed by atoms with Crippen molar-refractivity contribution >= 4 is 18.2 Å². The van der Waals surface area contributed by atoms with Crippen molar-refractivity contribution in [1.82, 2.24) is 4.90 Å². The summed E-state index contributed by atoms with van der Waals surface area (Å²) in [5.41, 5.74) is -1.47. The second-order valence-corrected chi connectivity index (χ2v) is 15.6. The number of aldehydes is 1. The van der Waals surface area contributed by atoms with Crippen LogP contribution >= 0.6 is 0 Å². The molecule has 16 atom stereocenters. The molecule has 0 radical (unpaired) electrons. The number of likely N-dealkylation sites (N-methyl/N-ethyl adjacent to an activating group) is 1. The zero-order valence-corrected chi connectivity index (χ0v) is 33.3. The van der Waals surface area contributed by atoms with Crippen molar-refractivity contribution in [3.8, 4) is 0 Å². The quantitative estimate of drug-likeness (QED) is 0.176. The number of cyclic esters (lactones) is 1. The summed E-state index contributed by atoms with van der Waals surface area (Å²) in [6.45, 7) is 10.5. The lowest BCUT2D eigenvalue weighted by Crippen LogP contribution is -2.66. The molecule has 4 N–H and O–H groups in total. The molecule has 0 aromatic carbocycles. The first-order valence-electron chi connectivity index (χ1n) is 19.2. The number of hydrogen-bond acceptors (Lipinski definition) is 15. The highest BCUT2D eigenvalue weighted by molar-refractivity contribution is 5.70. The van der Waals surface area contributed by atoms with E-state index in [1.165, 1.54) is 7.11 Å². The number of allylic oxidation sites excluding steroid dienone is 3. The van der Waals surface area contributed by atoms with Crippen LogP contribution in [-0.4, -0.2) is 150 Å². The third-order valence-corrected chi connectivity index (χ3v) is 10.4. The Balaban J connectivity index is 1.90. The summed E-state index contributed by atoms with van der Waals surface area (Å²) < 4.78 is 42.2. The van der Waals surface area contributed by atoms with Crippen LogP contribution in [0.5, 0.6) is 0 Å². The second kappa shape index (κ2) is 21.3. The Morgan fingerprint density at radius 1 is 1.00 bits per heavy atom. The van der Waals surface area contributed by atoms with Gasteiger partial charge in [-0.1, -0.05) is 38.2 Å². The van der Waals surface area contributed by atoms with Crippen molar-refractivity contribution in [1.29, 1.82) is 0 Å². The first-order chi connectivity index (χ1) is 25.4. The van der Waals surface area contributed by atoms with E-state index < -0.39 is 110 Å². The monoisotopic (exact) mass is 771 g/mol. The maximum Gasteiger partial charge on any atom is 0.308 e. The highest BCUT2D eigenvalue weighted by atomic mass is 16.7. The Labute approximate surface area is 319 Å². The molecule has 0 bridgehead atoms. The van der Waals surface area contributed by atoms with E-state index in [9.17, 15) is 34.8 Å². The van der Waals surface area contributed by atoms with Gasteiger partial charge in [-0.25, -0.2) is 0 Å². The van der Waals surface area contributed by atoms with Crippen LogP contribution in [0.4, 0.5) is 0 Å². The van der Waals surface area contributed by atoms with Gasteiger partial charge in [0.05, 0.1) is 43.0 Å². The summed E-state index contributed by atoms with van der Waals surface area (Å²) in [6.07, 6.45) is -3.09. The molecule has 15 nitrogen and oxygen atoms in total. The molecule has 0 spiro atoms. The molecule has 3 aliphatic heterocycles. The summed E-state index contributed by atoms with van der Waals surface area (Å²) >= 11 is 0. The minimum absolute atomic E-state index is 0.0125. The van der Waals surface area contributed by atoms with Gasteiger partial charge >= 0.3 is 11.9 Å². The summed E-state index contributed by atoms with van der Waals surface area (Å²) in [5, 5.41) is 45.0. The van der Waals surface area contributed by atoms with E-state index in [2.05, 4.69) is 0 Å². The third-order valence-electron chi connectivity index (χ3n) is 10.4. The number of ether oxygens (including phenoxy) is 7. The van der Waals surface area contributed by atoms with Crippen LogP contribution in [0.2, 0.25) is 0 Å². The van der Waals surface area contributed by atoms with Crippen molar-refractivity contribution in [3.63, 3.8) is 0 Å².